The van der Waals surface area contributed by atoms with E-state index in [1.807, 2.05) is 30.3 Å². The fourth-order valence-electron chi connectivity index (χ4n) is 4.28. The van der Waals surface area contributed by atoms with E-state index in [1.54, 1.807) is 7.11 Å². The van der Waals surface area contributed by atoms with Crippen LogP contribution in [0.1, 0.15) is 29.0 Å². The number of methoxy groups -OCH3 is 1. The first-order valence-electron chi connectivity index (χ1n) is 9.37. The molecule has 0 aromatic heterocycles. The monoisotopic (exact) mass is 350 g/mol. The van der Waals surface area contributed by atoms with Crippen LogP contribution < -0.4 is 15.4 Å². The molecule has 4 heteroatoms. The number of fused-ring (bicyclic) bond motifs is 1. The predicted molar refractivity (Wildman–Crippen MR) is 102 cm³/mol. The summed E-state index contributed by atoms with van der Waals surface area (Å²) in [5, 5.41) is 6.63. The van der Waals surface area contributed by atoms with Gasteiger partial charge in [-0.05, 0) is 30.4 Å². The van der Waals surface area contributed by atoms with Crippen molar-refractivity contribution in [3.63, 3.8) is 0 Å². The number of benzene rings is 2. The van der Waals surface area contributed by atoms with Crippen molar-refractivity contribution in [1.82, 2.24) is 10.6 Å². The highest BCUT2D eigenvalue weighted by atomic mass is 16.5. The van der Waals surface area contributed by atoms with E-state index in [2.05, 4.69) is 35.8 Å². The maximum atomic E-state index is 12.8. The molecule has 0 spiro atoms. The van der Waals surface area contributed by atoms with Gasteiger partial charge in [0, 0.05) is 37.0 Å². The highest BCUT2D eigenvalue weighted by molar-refractivity contribution is 5.78. The average molecular weight is 350 g/mol. The van der Waals surface area contributed by atoms with E-state index in [1.165, 1.54) is 5.56 Å². The summed E-state index contributed by atoms with van der Waals surface area (Å²) in [5.74, 6) is 2.21. The first kappa shape index (κ1) is 17.1. The number of nitrogens with one attached hydrogen (secondary N) is 2. The molecule has 3 unspecified atom stereocenters. The molecule has 1 aliphatic heterocycles. The van der Waals surface area contributed by atoms with Crippen molar-refractivity contribution in [3.8, 4) is 5.75 Å². The number of ether oxygens (including phenoxy) is 1. The van der Waals surface area contributed by atoms with E-state index in [0.29, 0.717) is 24.3 Å². The number of carbonyl (C=O) groups is 1. The average Bonchev–Trinajstić information content (AvgIpc) is 3.07. The maximum absolute atomic E-state index is 12.8. The zero-order valence-electron chi connectivity index (χ0n) is 15.4. The van der Waals surface area contributed by atoms with Crippen molar-refractivity contribution in [2.75, 3.05) is 20.2 Å². The number of hydrogen-bond donors (Lipinski definition) is 2. The summed E-state index contributed by atoms with van der Waals surface area (Å²) >= 11 is 0. The molecule has 2 aliphatic rings. The van der Waals surface area contributed by atoms with Gasteiger partial charge in [0.15, 0.2) is 0 Å². The Bertz CT molecular complexity index is 780. The van der Waals surface area contributed by atoms with Crippen molar-refractivity contribution in [2.24, 2.45) is 11.8 Å². The van der Waals surface area contributed by atoms with Crippen LogP contribution in [0.4, 0.5) is 0 Å². The van der Waals surface area contributed by atoms with Gasteiger partial charge < -0.3 is 15.4 Å². The van der Waals surface area contributed by atoms with Crippen molar-refractivity contribution < 1.29 is 9.53 Å². The Labute approximate surface area is 155 Å². The first-order valence-corrected chi connectivity index (χ1v) is 9.37. The minimum atomic E-state index is -0.0113. The molecule has 4 nitrogen and oxygen atoms in total. The number of carbonyl (C=O) groups excluding carboxylic acids is 1. The van der Waals surface area contributed by atoms with Crippen LogP contribution in [0.2, 0.25) is 0 Å². The Balaban J connectivity index is 1.57. The van der Waals surface area contributed by atoms with Crippen LogP contribution in [-0.4, -0.2) is 32.1 Å². The van der Waals surface area contributed by atoms with Gasteiger partial charge in [0.25, 0.3) is 0 Å². The highest BCUT2D eigenvalue weighted by Gasteiger charge is 2.53. The van der Waals surface area contributed by atoms with Crippen molar-refractivity contribution >= 4 is 5.91 Å². The molecule has 2 aromatic carbocycles. The fourth-order valence-corrected chi connectivity index (χ4v) is 4.28. The van der Waals surface area contributed by atoms with Crippen LogP contribution in [0, 0.1) is 18.8 Å². The van der Waals surface area contributed by atoms with E-state index < -0.39 is 0 Å². The zero-order valence-corrected chi connectivity index (χ0v) is 15.4. The van der Waals surface area contributed by atoms with Gasteiger partial charge in [-0.1, -0.05) is 48.0 Å². The van der Waals surface area contributed by atoms with Gasteiger partial charge in [-0.2, -0.15) is 0 Å². The molecule has 1 saturated carbocycles. The van der Waals surface area contributed by atoms with Crippen LogP contribution in [-0.2, 0) is 4.79 Å². The van der Waals surface area contributed by atoms with E-state index in [4.69, 9.17) is 4.74 Å². The number of amides is 1. The third-order valence-electron chi connectivity index (χ3n) is 5.77. The summed E-state index contributed by atoms with van der Waals surface area (Å²) in [5.41, 5.74) is 3.39. The van der Waals surface area contributed by atoms with Crippen LogP contribution in [0.15, 0.2) is 48.5 Å². The molecule has 1 heterocycles. The van der Waals surface area contributed by atoms with Gasteiger partial charge >= 0.3 is 0 Å². The molecule has 2 aromatic rings. The van der Waals surface area contributed by atoms with Crippen LogP contribution in [0.25, 0.3) is 0 Å². The standard InChI is InChI=1S/C22H26N2O2/c1-14-8-9-20(26-2)17(10-14)16(15-6-4-3-5-7-15)11-21(25)24-22-18-12-23-13-19(18)22/h3-10,16,18-19,22-23H,11-13H2,1-2H3,(H,24,25). The third kappa shape index (κ3) is 3.34. The van der Waals surface area contributed by atoms with E-state index >= 15 is 0 Å². The lowest BCUT2D eigenvalue weighted by molar-refractivity contribution is -0.121. The summed E-state index contributed by atoms with van der Waals surface area (Å²) < 4.78 is 5.60. The Morgan fingerprint density at radius 2 is 1.92 bits per heavy atom. The number of piperidine rings is 1. The fraction of sp³-hybridized carbons (Fsp3) is 0.409. The molecule has 136 valence electrons. The summed E-state index contributed by atoms with van der Waals surface area (Å²) in [6.07, 6.45) is 0.438. The second kappa shape index (κ2) is 7.12. The van der Waals surface area contributed by atoms with Gasteiger partial charge in [-0.15, -0.1) is 0 Å². The van der Waals surface area contributed by atoms with Crippen LogP contribution in [0.5, 0.6) is 5.75 Å². The summed E-state index contributed by atoms with van der Waals surface area (Å²) in [6, 6.07) is 16.8. The summed E-state index contributed by atoms with van der Waals surface area (Å²) in [4.78, 5) is 12.8. The lowest BCUT2D eigenvalue weighted by Crippen LogP contribution is -2.33. The highest BCUT2D eigenvalue weighted by Crippen LogP contribution is 2.42. The first-order chi connectivity index (χ1) is 12.7. The van der Waals surface area contributed by atoms with Crippen molar-refractivity contribution in [2.45, 2.75) is 25.3 Å². The summed E-state index contributed by atoms with van der Waals surface area (Å²) in [6.45, 7) is 4.14. The third-order valence-corrected chi connectivity index (χ3v) is 5.77. The van der Waals surface area contributed by atoms with E-state index in [9.17, 15) is 4.79 Å². The van der Waals surface area contributed by atoms with Gasteiger partial charge in [-0.25, -0.2) is 0 Å². The SMILES string of the molecule is COc1ccc(C)cc1C(CC(=O)NC1C2CNCC21)c1ccccc1. The quantitative estimate of drug-likeness (QED) is 0.842. The molecule has 1 aliphatic carbocycles. The van der Waals surface area contributed by atoms with Gasteiger partial charge in [0.2, 0.25) is 5.91 Å². The van der Waals surface area contributed by atoms with Gasteiger partial charge in [0.1, 0.15) is 5.75 Å². The molecule has 0 bridgehead atoms. The smallest absolute Gasteiger partial charge is 0.221 e. The lowest BCUT2D eigenvalue weighted by Gasteiger charge is -2.21. The van der Waals surface area contributed by atoms with Crippen LogP contribution >= 0.6 is 0 Å². The number of hydrogen-bond acceptors (Lipinski definition) is 3. The topological polar surface area (TPSA) is 50.4 Å². The molecule has 0 radical (unpaired) electrons. The van der Waals surface area contributed by atoms with Crippen molar-refractivity contribution in [3.05, 3.63) is 65.2 Å². The molecule has 1 amide bonds. The van der Waals surface area contributed by atoms with Crippen molar-refractivity contribution in [1.29, 1.82) is 0 Å². The summed E-state index contributed by atoms with van der Waals surface area (Å²) in [7, 11) is 1.69. The Morgan fingerprint density at radius 3 is 2.62 bits per heavy atom. The van der Waals surface area contributed by atoms with Gasteiger partial charge in [-0.3, -0.25) is 4.79 Å². The number of rotatable bonds is 6. The van der Waals surface area contributed by atoms with Crippen LogP contribution in [0.3, 0.4) is 0 Å². The zero-order chi connectivity index (χ0) is 18.1. The van der Waals surface area contributed by atoms with E-state index in [0.717, 1.165) is 30.0 Å². The normalized spacial score (nSPS) is 24.6. The molecule has 2 N–H and O–H groups in total. The predicted octanol–water partition coefficient (Wildman–Crippen LogP) is 2.86. The lowest BCUT2D eigenvalue weighted by atomic mass is 9.87. The Kier molecular flexibility index (Phi) is 4.68. The molecule has 4 rings (SSSR count). The minimum absolute atomic E-state index is 0.0113. The molecular formula is C22H26N2O2. The second-order valence-electron chi connectivity index (χ2n) is 7.49. The maximum Gasteiger partial charge on any atom is 0.221 e. The largest absolute Gasteiger partial charge is 0.496 e. The second-order valence-corrected chi connectivity index (χ2v) is 7.49. The minimum Gasteiger partial charge on any atom is -0.496 e. The van der Waals surface area contributed by atoms with Gasteiger partial charge in [0.05, 0.1) is 7.11 Å². The van der Waals surface area contributed by atoms with E-state index in [-0.39, 0.29) is 11.8 Å². The Morgan fingerprint density at radius 1 is 1.19 bits per heavy atom. The Hall–Kier alpha value is -2.33. The molecule has 1 saturated heterocycles. The molecule has 2 fully saturated rings. The molecule has 26 heavy (non-hydrogen) atoms. The molecular weight excluding hydrogens is 324 g/mol. The molecule has 3 atom stereocenters. The number of aryl methyl sites for hydroxylation is 1.